The van der Waals surface area contributed by atoms with Gasteiger partial charge in [0.1, 0.15) is 0 Å². The van der Waals surface area contributed by atoms with Crippen molar-refractivity contribution in [2.75, 3.05) is 13.4 Å². The zero-order valence-electron chi connectivity index (χ0n) is 16.1. The maximum atomic E-state index is 12.8. The Labute approximate surface area is 172 Å². The number of benzene rings is 1. The van der Waals surface area contributed by atoms with Crippen molar-refractivity contribution in [3.8, 4) is 11.5 Å². The fourth-order valence-corrected chi connectivity index (χ4v) is 3.85. The van der Waals surface area contributed by atoms with E-state index >= 15 is 0 Å². The predicted octanol–water partition coefficient (Wildman–Crippen LogP) is 4.32. The highest BCUT2D eigenvalue weighted by atomic mass is 79.9. The Balaban J connectivity index is 1.77. The maximum Gasteiger partial charge on any atom is 0.338 e. The highest BCUT2D eigenvalue weighted by Gasteiger charge is 2.34. The summed E-state index contributed by atoms with van der Waals surface area (Å²) in [6.45, 7) is 4.37. The van der Waals surface area contributed by atoms with Crippen LogP contribution in [-0.2, 0) is 9.53 Å². The molecule has 2 N–H and O–H groups in total. The van der Waals surface area contributed by atoms with Gasteiger partial charge in [-0.15, -0.1) is 0 Å². The molecule has 1 aromatic rings. The standard InChI is InChI=1S/C20H25BrN2O5/c1-3-4-5-6-7-8-26-19(24)17-12(2)22-20(25)23-18(17)13-9-15-16(10-14(13)21)28-11-27-15/h9-10,18H,3-8,11H2,1-2H3,(H2,22,23,25)/t18-/m1/s1. The van der Waals surface area contributed by atoms with E-state index in [0.717, 1.165) is 19.3 Å². The number of rotatable bonds is 8. The fourth-order valence-electron chi connectivity index (χ4n) is 3.30. The largest absolute Gasteiger partial charge is 0.462 e. The first kappa shape index (κ1) is 20.5. The molecule has 0 unspecified atom stereocenters. The molecule has 2 aliphatic rings. The van der Waals surface area contributed by atoms with E-state index in [9.17, 15) is 9.59 Å². The minimum Gasteiger partial charge on any atom is -0.462 e. The Bertz CT molecular complexity index is 793. The summed E-state index contributed by atoms with van der Waals surface area (Å²) in [5.41, 5.74) is 1.57. The van der Waals surface area contributed by atoms with Crippen LogP contribution in [0.25, 0.3) is 0 Å². The maximum absolute atomic E-state index is 12.8. The molecule has 0 saturated carbocycles. The fraction of sp³-hybridized carbons (Fsp3) is 0.500. The lowest BCUT2D eigenvalue weighted by Crippen LogP contribution is -2.45. The molecule has 1 aromatic carbocycles. The predicted molar refractivity (Wildman–Crippen MR) is 107 cm³/mol. The number of esters is 1. The average molecular weight is 453 g/mol. The van der Waals surface area contributed by atoms with E-state index in [4.69, 9.17) is 14.2 Å². The molecule has 2 amide bonds. The molecule has 0 spiro atoms. The Morgan fingerprint density at radius 2 is 1.93 bits per heavy atom. The van der Waals surface area contributed by atoms with Crippen LogP contribution in [-0.4, -0.2) is 25.4 Å². The summed E-state index contributed by atoms with van der Waals surface area (Å²) in [7, 11) is 0. The highest BCUT2D eigenvalue weighted by Crippen LogP contribution is 2.41. The van der Waals surface area contributed by atoms with Gasteiger partial charge in [0.15, 0.2) is 11.5 Å². The van der Waals surface area contributed by atoms with Crippen LogP contribution in [0.15, 0.2) is 27.9 Å². The molecular weight excluding hydrogens is 428 g/mol. The van der Waals surface area contributed by atoms with E-state index < -0.39 is 12.0 Å². The summed E-state index contributed by atoms with van der Waals surface area (Å²) in [5.74, 6) is 0.759. The van der Waals surface area contributed by atoms with Crippen molar-refractivity contribution in [3.63, 3.8) is 0 Å². The average Bonchev–Trinajstić information content (AvgIpc) is 3.10. The number of unbranched alkanes of at least 4 members (excludes halogenated alkanes) is 4. The lowest BCUT2D eigenvalue weighted by Gasteiger charge is -2.29. The molecule has 1 atom stereocenters. The highest BCUT2D eigenvalue weighted by molar-refractivity contribution is 9.10. The Morgan fingerprint density at radius 3 is 2.68 bits per heavy atom. The SMILES string of the molecule is CCCCCCCOC(=O)C1=C(C)NC(=O)N[C@@H]1c1cc2c(cc1Br)OCO2. The number of hydrogen-bond donors (Lipinski definition) is 2. The lowest BCUT2D eigenvalue weighted by molar-refractivity contribution is -0.139. The van der Waals surface area contributed by atoms with Crippen molar-refractivity contribution < 1.29 is 23.8 Å². The normalized spacial score (nSPS) is 18.0. The van der Waals surface area contributed by atoms with Crippen LogP contribution in [0.3, 0.4) is 0 Å². The minimum atomic E-state index is -0.648. The summed E-state index contributed by atoms with van der Waals surface area (Å²) < 4.78 is 17.0. The third kappa shape index (κ3) is 4.60. The number of halogens is 1. The lowest BCUT2D eigenvalue weighted by atomic mass is 9.95. The Morgan fingerprint density at radius 1 is 1.21 bits per heavy atom. The first-order valence-corrected chi connectivity index (χ1v) is 10.3. The van der Waals surface area contributed by atoms with Crippen LogP contribution < -0.4 is 20.1 Å². The van der Waals surface area contributed by atoms with Gasteiger partial charge in [-0.2, -0.15) is 0 Å². The van der Waals surface area contributed by atoms with Gasteiger partial charge < -0.3 is 24.8 Å². The van der Waals surface area contributed by atoms with Crippen LogP contribution in [0.2, 0.25) is 0 Å². The van der Waals surface area contributed by atoms with Gasteiger partial charge >= 0.3 is 12.0 Å². The van der Waals surface area contributed by atoms with Crippen molar-refractivity contribution in [2.24, 2.45) is 0 Å². The molecule has 0 bridgehead atoms. The van der Waals surface area contributed by atoms with Crippen LogP contribution in [0.1, 0.15) is 57.6 Å². The van der Waals surface area contributed by atoms with Crippen molar-refractivity contribution in [2.45, 2.75) is 52.0 Å². The Kier molecular flexibility index (Phi) is 6.83. The zero-order valence-corrected chi connectivity index (χ0v) is 17.7. The smallest absolute Gasteiger partial charge is 0.338 e. The number of urea groups is 1. The third-order valence-corrected chi connectivity index (χ3v) is 5.46. The zero-order chi connectivity index (χ0) is 20.1. The van der Waals surface area contributed by atoms with E-state index in [0.29, 0.717) is 39.4 Å². The molecule has 0 aromatic heterocycles. The van der Waals surface area contributed by atoms with Crippen molar-refractivity contribution >= 4 is 27.9 Å². The van der Waals surface area contributed by atoms with E-state index in [1.54, 1.807) is 19.1 Å². The van der Waals surface area contributed by atoms with Gasteiger partial charge in [0.25, 0.3) is 0 Å². The molecule has 152 valence electrons. The minimum absolute atomic E-state index is 0.144. The molecule has 0 aliphatic carbocycles. The van der Waals surface area contributed by atoms with Crippen LogP contribution in [0, 0.1) is 0 Å². The molecule has 0 radical (unpaired) electrons. The van der Waals surface area contributed by atoms with Crippen molar-refractivity contribution in [1.29, 1.82) is 0 Å². The summed E-state index contributed by atoms with van der Waals surface area (Å²) in [4.78, 5) is 24.8. The number of allylic oxidation sites excluding steroid dienone is 1. The quantitative estimate of drug-likeness (QED) is 0.453. The van der Waals surface area contributed by atoms with Gasteiger partial charge in [-0.05, 0) is 31.0 Å². The molecule has 8 heteroatoms. The number of carbonyl (C=O) groups excluding carboxylic acids is 2. The van der Waals surface area contributed by atoms with E-state index in [2.05, 4.69) is 33.5 Å². The van der Waals surface area contributed by atoms with Crippen molar-refractivity contribution in [3.05, 3.63) is 33.4 Å². The van der Waals surface area contributed by atoms with Gasteiger partial charge in [-0.3, -0.25) is 0 Å². The number of fused-ring (bicyclic) bond motifs is 1. The second kappa shape index (κ2) is 9.32. The first-order chi connectivity index (χ1) is 13.5. The van der Waals surface area contributed by atoms with E-state index in [1.807, 2.05) is 0 Å². The second-order valence-electron chi connectivity index (χ2n) is 6.85. The molecule has 0 fully saturated rings. The number of hydrogen-bond acceptors (Lipinski definition) is 5. The number of ether oxygens (including phenoxy) is 3. The molecule has 2 aliphatic heterocycles. The molecule has 3 rings (SSSR count). The first-order valence-electron chi connectivity index (χ1n) is 9.55. The Hall–Kier alpha value is -2.22. The van der Waals surface area contributed by atoms with E-state index in [1.165, 1.54) is 12.8 Å². The summed E-state index contributed by atoms with van der Waals surface area (Å²) in [6.07, 6.45) is 5.36. The van der Waals surface area contributed by atoms with Gasteiger partial charge in [0.05, 0.1) is 18.2 Å². The molecule has 7 nitrogen and oxygen atoms in total. The number of amides is 2. The monoisotopic (exact) mass is 452 g/mol. The summed E-state index contributed by atoms with van der Waals surface area (Å²) >= 11 is 3.51. The van der Waals surface area contributed by atoms with Gasteiger partial charge in [0, 0.05) is 10.2 Å². The third-order valence-electron chi connectivity index (χ3n) is 4.77. The van der Waals surface area contributed by atoms with Crippen LogP contribution in [0.4, 0.5) is 4.79 Å². The summed E-state index contributed by atoms with van der Waals surface area (Å²) in [6, 6.07) is 2.53. The second-order valence-corrected chi connectivity index (χ2v) is 7.70. The van der Waals surface area contributed by atoms with Gasteiger partial charge in [0.2, 0.25) is 6.79 Å². The molecule has 0 saturated heterocycles. The molecule has 28 heavy (non-hydrogen) atoms. The molecule has 2 heterocycles. The topological polar surface area (TPSA) is 85.9 Å². The van der Waals surface area contributed by atoms with Crippen LogP contribution in [0.5, 0.6) is 11.5 Å². The number of nitrogens with one attached hydrogen (secondary N) is 2. The van der Waals surface area contributed by atoms with Crippen molar-refractivity contribution in [1.82, 2.24) is 10.6 Å². The van der Waals surface area contributed by atoms with E-state index in [-0.39, 0.29) is 12.8 Å². The van der Waals surface area contributed by atoms with Gasteiger partial charge in [-0.1, -0.05) is 48.5 Å². The molecular formula is C20H25BrN2O5. The number of carbonyl (C=O) groups is 2. The van der Waals surface area contributed by atoms with Crippen LogP contribution >= 0.6 is 15.9 Å². The summed E-state index contributed by atoms with van der Waals surface area (Å²) in [5, 5.41) is 5.47. The van der Waals surface area contributed by atoms with Gasteiger partial charge in [-0.25, -0.2) is 9.59 Å².